The molecule has 0 bridgehead atoms. The van der Waals surface area contributed by atoms with E-state index in [9.17, 15) is 4.79 Å². The van der Waals surface area contributed by atoms with Gasteiger partial charge in [0.15, 0.2) is 12.3 Å². The third kappa shape index (κ3) is 3.35. The molecule has 0 unspecified atom stereocenters. The molecule has 0 N–H and O–H groups in total. The Bertz CT molecular complexity index is 687. The Balaban J connectivity index is 0.00000161. The number of aromatic nitrogens is 1. The number of carbonyl (C=O) groups excluding carboxylic acids is 1. The van der Waals surface area contributed by atoms with Gasteiger partial charge >= 0.3 is 0 Å². The van der Waals surface area contributed by atoms with Crippen LogP contribution in [0.5, 0.6) is 0 Å². The maximum Gasteiger partial charge on any atom is 0.227 e. The summed E-state index contributed by atoms with van der Waals surface area (Å²) in [4.78, 5) is 12.3. The van der Waals surface area contributed by atoms with Gasteiger partial charge in [0.1, 0.15) is 5.69 Å². The molecule has 1 aliphatic heterocycles. The van der Waals surface area contributed by atoms with E-state index in [1.54, 1.807) is 0 Å². The van der Waals surface area contributed by atoms with Crippen molar-refractivity contribution in [2.24, 2.45) is 0 Å². The summed E-state index contributed by atoms with van der Waals surface area (Å²) in [6, 6.07) is 11.7. The molecule has 2 heterocycles. The second kappa shape index (κ2) is 6.71. The summed E-state index contributed by atoms with van der Waals surface area (Å²) in [5.74, 6) is 0.164. The Hall–Kier alpha value is -1.20. The summed E-state index contributed by atoms with van der Waals surface area (Å²) in [7, 11) is 0. The molecular formula is C16H16Br2N2O. The van der Waals surface area contributed by atoms with Crippen LogP contribution in [-0.2, 0) is 6.54 Å². The number of carbonyl (C=O) groups is 1. The lowest BCUT2D eigenvalue weighted by molar-refractivity contribution is -0.518. The number of hydrogen-bond donors (Lipinski definition) is 0. The lowest BCUT2D eigenvalue weighted by Gasteiger charge is -2.15. The van der Waals surface area contributed by atoms with Gasteiger partial charge in [-0.3, -0.25) is 4.79 Å². The van der Waals surface area contributed by atoms with Crippen molar-refractivity contribution in [1.82, 2.24) is 4.57 Å². The number of fused-ring (bicyclic) bond motifs is 1. The molecule has 0 atom stereocenters. The molecule has 3 rings (SSSR count). The molecule has 2 aromatic rings. The van der Waals surface area contributed by atoms with Crippen molar-refractivity contribution in [3.8, 4) is 0 Å². The van der Waals surface area contributed by atoms with Crippen molar-refractivity contribution in [3.05, 3.63) is 58.3 Å². The third-order valence-corrected chi connectivity index (χ3v) is 4.31. The zero-order valence-corrected chi connectivity index (χ0v) is 14.9. The number of ketones is 1. The molecule has 0 fully saturated rings. The van der Waals surface area contributed by atoms with E-state index < -0.39 is 0 Å². The van der Waals surface area contributed by atoms with Gasteiger partial charge in [0, 0.05) is 23.2 Å². The molecule has 0 spiro atoms. The molecule has 1 aromatic heterocycles. The zero-order valence-electron chi connectivity index (χ0n) is 11.7. The number of hydrogen-bond acceptors (Lipinski definition) is 1. The van der Waals surface area contributed by atoms with Crippen LogP contribution in [0.1, 0.15) is 23.0 Å². The highest BCUT2D eigenvalue weighted by Crippen LogP contribution is 2.13. The van der Waals surface area contributed by atoms with E-state index in [-0.39, 0.29) is 22.8 Å². The van der Waals surface area contributed by atoms with Gasteiger partial charge in [-0.15, -0.1) is 0 Å². The van der Waals surface area contributed by atoms with Crippen LogP contribution in [0.3, 0.4) is 0 Å². The Labute approximate surface area is 143 Å². The number of halogens is 2. The molecule has 0 aliphatic carbocycles. The molecule has 0 radical (unpaired) electrons. The lowest BCUT2D eigenvalue weighted by atomic mass is 10.1. The Morgan fingerprint density at radius 3 is 2.71 bits per heavy atom. The van der Waals surface area contributed by atoms with Crippen molar-refractivity contribution in [2.75, 3.05) is 13.1 Å². The second-order valence-electron chi connectivity index (χ2n) is 5.02. The molecule has 0 amide bonds. The van der Waals surface area contributed by atoms with Crippen LogP contribution in [0.4, 0.5) is 0 Å². The van der Waals surface area contributed by atoms with E-state index >= 15 is 0 Å². The molecule has 21 heavy (non-hydrogen) atoms. The van der Waals surface area contributed by atoms with E-state index in [2.05, 4.69) is 50.3 Å². The minimum atomic E-state index is 0. The number of Topliss-reactive ketones (excluding diaryl/α,β-unsaturated/α-hetero) is 1. The normalized spacial score (nSPS) is 13.6. The van der Waals surface area contributed by atoms with Crippen molar-refractivity contribution in [2.45, 2.75) is 13.5 Å². The average Bonchev–Trinajstić information content (AvgIpc) is 2.92. The van der Waals surface area contributed by atoms with E-state index in [1.165, 1.54) is 11.4 Å². The highest BCUT2D eigenvalue weighted by atomic mass is 79.9. The molecule has 3 nitrogen and oxygen atoms in total. The second-order valence-corrected chi connectivity index (χ2v) is 5.94. The fourth-order valence-electron chi connectivity index (χ4n) is 2.59. The standard InChI is InChI=1S/C16H16BrN2O.BrH/c1-12-15-3-2-8-18(15)9-10-19(12)11-16(20)13-4-6-14(17)7-5-13;/h2-8H,9-11H2,1H3;1H/q+1;/p-1. The van der Waals surface area contributed by atoms with Crippen LogP contribution in [0.2, 0.25) is 0 Å². The topological polar surface area (TPSA) is 25.0 Å². The van der Waals surface area contributed by atoms with Crippen molar-refractivity contribution in [1.29, 1.82) is 0 Å². The molecule has 1 aliphatic rings. The smallest absolute Gasteiger partial charge is 0.227 e. The average molecular weight is 412 g/mol. The first kappa shape index (κ1) is 16.2. The summed E-state index contributed by atoms with van der Waals surface area (Å²) >= 11 is 3.39. The quantitative estimate of drug-likeness (QED) is 0.514. The van der Waals surface area contributed by atoms with E-state index in [0.717, 1.165) is 23.1 Å². The Kier molecular flexibility index (Phi) is 5.17. The van der Waals surface area contributed by atoms with Gasteiger partial charge in [-0.05, 0) is 24.3 Å². The maximum atomic E-state index is 12.3. The van der Waals surface area contributed by atoms with Gasteiger partial charge in [-0.25, -0.2) is 4.58 Å². The van der Waals surface area contributed by atoms with E-state index in [0.29, 0.717) is 6.54 Å². The molecule has 110 valence electrons. The number of rotatable bonds is 3. The third-order valence-electron chi connectivity index (χ3n) is 3.79. The van der Waals surface area contributed by atoms with Crippen molar-refractivity contribution < 1.29 is 26.4 Å². The largest absolute Gasteiger partial charge is 1.00 e. The number of benzene rings is 1. The zero-order chi connectivity index (χ0) is 14.1. The molecule has 1 aromatic carbocycles. The fourth-order valence-corrected chi connectivity index (χ4v) is 2.86. The van der Waals surface area contributed by atoms with E-state index in [4.69, 9.17) is 0 Å². The van der Waals surface area contributed by atoms with Crippen LogP contribution in [0.15, 0.2) is 47.1 Å². The first-order valence-corrected chi connectivity index (χ1v) is 7.47. The lowest BCUT2D eigenvalue weighted by Crippen LogP contribution is -3.00. The van der Waals surface area contributed by atoms with Gasteiger partial charge in [0.25, 0.3) is 0 Å². The van der Waals surface area contributed by atoms with Crippen molar-refractivity contribution >= 4 is 27.4 Å². The van der Waals surface area contributed by atoms with E-state index in [1.807, 2.05) is 24.3 Å². The fraction of sp³-hybridized carbons (Fsp3) is 0.250. The Morgan fingerprint density at radius 2 is 2.00 bits per heavy atom. The number of nitrogens with zero attached hydrogens (tertiary/aromatic N) is 2. The SMILES string of the molecule is CC1=[N+](CC(=O)c2ccc(Br)cc2)CCn2cccc21.[Br-]. The highest BCUT2D eigenvalue weighted by molar-refractivity contribution is 9.10. The molecule has 0 saturated carbocycles. The minimum absolute atomic E-state index is 0. The van der Waals surface area contributed by atoms with Crippen LogP contribution < -0.4 is 17.0 Å². The highest BCUT2D eigenvalue weighted by Gasteiger charge is 2.24. The van der Waals surface area contributed by atoms with Crippen LogP contribution in [0.25, 0.3) is 0 Å². The van der Waals surface area contributed by atoms with Crippen LogP contribution >= 0.6 is 15.9 Å². The predicted octanol–water partition coefficient (Wildman–Crippen LogP) is -0.0274. The van der Waals surface area contributed by atoms with Gasteiger partial charge < -0.3 is 21.5 Å². The van der Waals surface area contributed by atoms with Gasteiger partial charge in [0.2, 0.25) is 12.3 Å². The molecule has 5 heteroatoms. The van der Waals surface area contributed by atoms with Gasteiger partial charge in [-0.1, -0.05) is 28.1 Å². The molecular weight excluding hydrogens is 396 g/mol. The van der Waals surface area contributed by atoms with Crippen molar-refractivity contribution in [3.63, 3.8) is 0 Å². The Morgan fingerprint density at radius 1 is 1.29 bits per heavy atom. The predicted molar refractivity (Wildman–Crippen MR) is 82.7 cm³/mol. The van der Waals surface area contributed by atoms with Crippen LogP contribution in [-0.4, -0.2) is 33.7 Å². The summed E-state index contributed by atoms with van der Waals surface area (Å²) in [5, 5.41) is 0. The first-order valence-electron chi connectivity index (χ1n) is 6.68. The summed E-state index contributed by atoms with van der Waals surface area (Å²) < 4.78 is 5.39. The summed E-state index contributed by atoms with van der Waals surface area (Å²) in [5.41, 5.74) is 3.15. The first-order chi connectivity index (χ1) is 9.65. The van der Waals surface area contributed by atoms with Gasteiger partial charge in [-0.2, -0.15) is 0 Å². The van der Waals surface area contributed by atoms with Gasteiger partial charge in [0.05, 0.1) is 6.54 Å². The summed E-state index contributed by atoms with van der Waals surface area (Å²) in [6.07, 6.45) is 2.09. The summed E-state index contributed by atoms with van der Waals surface area (Å²) in [6.45, 7) is 4.35. The monoisotopic (exact) mass is 410 g/mol. The van der Waals surface area contributed by atoms with Crippen LogP contribution in [0, 0.1) is 0 Å². The molecule has 0 saturated heterocycles. The minimum Gasteiger partial charge on any atom is -1.00 e. The maximum absolute atomic E-state index is 12.3.